The van der Waals surface area contributed by atoms with Gasteiger partial charge in [-0.3, -0.25) is 4.79 Å². The summed E-state index contributed by atoms with van der Waals surface area (Å²) < 4.78 is 5.01. The summed E-state index contributed by atoms with van der Waals surface area (Å²) in [5, 5.41) is 6.14. The van der Waals surface area contributed by atoms with Gasteiger partial charge >= 0.3 is 0 Å². The summed E-state index contributed by atoms with van der Waals surface area (Å²) in [6.07, 6.45) is 0. The zero-order valence-electron chi connectivity index (χ0n) is 9.34. The Kier molecular flexibility index (Phi) is 5.08. The van der Waals surface area contributed by atoms with Gasteiger partial charge in [-0.2, -0.15) is 0 Å². The van der Waals surface area contributed by atoms with Crippen LogP contribution in [0.25, 0.3) is 0 Å². The molecule has 4 nitrogen and oxygen atoms in total. The topological polar surface area (TPSA) is 50.4 Å². The van der Waals surface area contributed by atoms with Crippen LogP contribution < -0.4 is 15.4 Å². The molecule has 0 bridgehead atoms. The Morgan fingerprint density at radius 3 is 2.81 bits per heavy atom. The summed E-state index contributed by atoms with van der Waals surface area (Å²) in [4.78, 5) is 11.4. The van der Waals surface area contributed by atoms with E-state index < -0.39 is 0 Å². The SMILES string of the molecule is CCNCC(=O)Nc1ccc(OC)c(Cl)c1. The number of carbonyl (C=O) groups is 1. The van der Waals surface area contributed by atoms with Gasteiger partial charge in [0.2, 0.25) is 5.91 Å². The number of anilines is 1. The Morgan fingerprint density at radius 2 is 2.25 bits per heavy atom. The first-order chi connectivity index (χ1) is 7.67. The molecule has 0 aliphatic heterocycles. The first-order valence-electron chi connectivity index (χ1n) is 5.01. The molecule has 0 spiro atoms. The van der Waals surface area contributed by atoms with E-state index in [2.05, 4.69) is 10.6 Å². The van der Waals surface area contributed by atoms with Gasteiger partial charge in [-0.25, -0.2) is 0 Å². The Bertz CT molecular complexity index is 369. The van der Waals surface area contributed by atoms with Crippen LogP contribution in [0.3, 0.4) is 0 Å². The van der Waals surface area contributed by atoms with Crippen molar-refractivity contribution in [2.24, 2.45) is 0 Å². The predicted molar refractivity (Wildman–Crippen MR) is 65.2 cm³/mol. The number of amides is 1. The van der Waals surface area contributed by atoms with E-state index in [1.54, 1.807) is 25.3 Å². The maximum Gasteiger partial charge on any atom is 0.238 e. The summed E-state index contributed by atoms with van der Waals surface area (Å²) in [6.45, 7) is 2.99. The average molecular weight is 243 g/mol. The smallest absolute Gasteiger partial charge is 0.238 e. The predicted octanol–water partition coefficient (Wildman–Crippen LogP) is 1.90. The van der Waals surface area contributed by atoms with Crippen LogP contribution in [0, 0.1) is 0 Å². The molecular formula is C11H15ClN2O2. The quantitative estimate of drug-likeness (QED) is 0.829. The van der Waals surface area contributed by atoms with Crippen molar-refractivity contribution >= 4 is 23.2 Å². The standard InChI is InChI=1S/C11H15ClN2O2/c1-3-13-7-11(15)14-8-4-5-10(16-2)9(12)6-8/h4-6,13H,3,7H2,1-2H3,(H,14,15). The molecule has 0 heterocycles. The molecule has 0 unspecified atom stereocenters. The van der Waals surface area contributed by atoms with Crippen LogP contribution in [0.5, 0.6) is 5.75 Å². The summed E-state index contributed by atoms with van der Waals surface area (Å²) in [5.74, 6) is 0.495. The monoisotopic (exact) mass is 242 g/mol. The van der Waals surface area contributed by atoms with E-state index in [0.717, 1.165) is 6.54 Å². The summed E-state index contributed by atoms with van der Waals surface area (Å²) in [6, 6.07) is 5.12. The highest BCUT2D eigenvalue weighted by Gasteiger charge is 2.04. The lowest BCUT2D eigenvalue weighted by Gasteiger charge is -2.08. The number of nitrogens with one attached hydrogen (secondary N) is 2. The maximum absolute atomic E-state index is 11.4. The molecule has 1 rings (SSSR count). The van der Waals surface area contributed by atoms with Crippen LogP contribution in [0.15, 0.2) is 18.2 Å². The Morgan fingerprint density at radius 1 is 1.50 bits per heavy atom. The number of methoxy groups -OCH3 is 1. The van der Waals surface area contributed by atoms with E-state index in [9.17, 15) is 4.79 Å². The van der Waals surface area contributed by atoms with Crippen LogP contribution in [-0.4, -0.2) is 26.1 Å². The van der Waals surface area contributed by atoms with Crippen molar-refractivity contribution < 1.29 is 9.53 Å². The first kappa shape index (κ1) is 12.8. The number of rotatable bonds is 5. The Balaban J connectivity index is 2.61. The highest BCUT2D eigenvalue weighted by atomic mass is 35.5. The second-order valence-electron chi connectivity index (χ2n) is 3.18. The molecule has 0 fully saturated rings. The van der Waals surface area contributed by atoms with Gasteiger partial charge in [0.05, 0.1) is 18.7 Å². The number of halogens is 1. The second-order valence-corrected chi connectivity index (χ2v) is 3.59. The molecule has 0 radical (unpaired) electrons. The molecule has 1 amide bonds. The molecule has 0 aliphatic rings. The third kappa shape index (κ3) is 3.72. The van der Waals surface area contributed by atoms with Gasteiger partial charge in [0.15, 0.2) is 0 Å². The minimum Gasteiger partial charge on any atom is -0.495 e. The van der Waals surface area contributed by atoms with Crippen molar-refractivity contribution in [3.63, 3.8) is 0 Å². The zero-order valence-corrected chi connectivity index (χ0v) is 10.1. The van der Waals surface area contributed by atoms with Crippen molar-refractivity contribution in [2.75, 3.05) is 25.5 Å². The average Bonchev–Trinajstić information content (AvgIpc) is 2.26. The normalized spacial score (nSPS) is 9.94. The number of hydrogen-bond acceptors (Lipinski definition) is 3. The molecule has 1 aromatic carbocycles. The molecule has 0 saturated carbocycles. The largest absolute Gasteiger partial charge is 0.495 e. The van der Waals surface area contributed by atoms with E-state index in [-0.39, 0.29) is 5.91 Å². The number of hydrogen-bond donors (Lipinski definition) is 2. The van der Waals surface area contributed by atoms with Crippen LogP contribution >= 0.6 is 11.6 Å². The van der Waals surface area contributed by atoms with Crippen LogP contribution in [0.1, 0.15) is 6.92 Å². The maximum atomic E-state index is 11.4. The molecule has 5 heteroatoms. The number of likely N-dealkylation sites (N-methyl/N-ethyl adjacent to an activating group) is 1. The molecular weight excluding hydrogens is 228 g/mol. The zero-order chi connectivity index (χ0) is 12.0. The van der Waals surface area contributed by atoms with Gasteiger partial charge in [0.1, 0.15) is 5.75 Å². The van der Waals surface area contributed by atoms with E-state index in [1.807, 2.05) is 6.92 Å². The Hall–Kier alpha value is -1.26. The van der Waals surface area contributed by atoms with Gasteiger partial charge < -0.3 is 15.4 Å². The van der Waals surface area contributed by atoms with Gasteiger partial charge in [-0.15, -0.1) is 0 Å². The van der Waals surface area contributed by atoms with Crippen molar-refractivity contribution in [1.29, 1.82) is 0 Å². The van der Waals surface area contributed by atoms with Gasteiger partial charge in [-0.05, 0) is 24.7 Å². The number of carbonyl (C=O) groups excluding carboxylic acids is 1. The van der Waals surface area contributed by atoms with E-state index in [0.29, 0.717) is 23.0 Å². The molecule has 1 aromatic rings. The lowest BCUT2D eigenvalue weighted by Crippen LogP contribution is -2.27. The van der Waals surface area contributed by atoms with E-state index in [4.69, 9.17) is 16.3 Å². The Labute approximate surface area is 99.9 Å². The molecule has 2 N–H and O–H groups in total. The molecule has 0 saturated heterocycles. The van der Waals surface area contributed by atoms with Gasteiger partial charge in [0.25, 0.3) is 0 Å². The van der Waals surface area contributed by atoms with E-state index >= 15 is 0 Å². The third-order valence-electron chi connectivity index (χ3n) is 1.97. The fourth-order valence-corrected chi connectivity index (χ4v) is 1.45. The molecule has 16 heavy (non-hydrogen) atoms. The highest BCUT2D eigenvalue weighted by Crippen LogP contribution is 2.26. The van der Waals surface area contributed by atoms with Crippen LogP contribution in [0.4, 0.5) is 5.69 Å². The molecule has 0 aromatic heterocycles. The van der Waals surface area contributed by atoms with Crippen molar-refractivity contribution in [1.82, 2.24) is 5.32 Å². The lowest BCUT2D eigenvalue weighted by atomic mass is 10.3. The van der Waals surface area contributed by atoms with Gasteiger partial charge in [0, 0.05) is 5.69 Å². The fourth-order valence-electron chi connectivity index (χ4n) is 1.19. The van der Waals surface area contributed by atoms with Crippen LogP contribution in [-0.2, 0) is 4.79 Å². The van der Waals surface area contributed by atoms with E-state index in [1.165, 1.54) is 0 Å². The van der Waals surface area contributed by atoms with Crippen molar-refractivity contribution in [3.8, 4) is 5.75 Å². The molecule has 0 aliphatic carbocycles. The first-order valence-corrected chi connectivity index (χ1v) is 5.39. The minimum atomic E-state index is -0.0944. The van der Waals surface area contributed by atoms with Crippen molar-refractivity contribution in [3.05, 3.63) is 23.2 Å². The second kappa shape index (κ2) is 6.35. The lowest BCUT2D eigenvalue weighted by molar-refractivity contribution is -0.115. The van der Waals surface area contributed by atoms with Gasteiger partial charge in [-0.1, -0.05) is 18.5 Å². The van der Waals surface area contributed by atoms with Crippen LogP contribution in [0.2, 0.25) is 5.02 Å². The summed E-state index contributed by atoms with van der Waals surface area (Å²) >= 11 is 5.93. The minimum absolute atomic E-state index is 0.0944. The fraction of sp³-hybridized carbons (Fsp3) is 0.364. The number of benzene rings is 1. The highest BCUT2D eigenvalue weighted by molar-refractivity contribution is 6.32. The molecule has 88 valence electrons. The number of ether oxygens (including phenoxy) is 1. The summed E-state index contributed by atoms with van der Waals surface area (Å²) in [7, 11) is 1.55. The summed E-state index contributed by atoms with van der Waals surface area (Å²) in [5.41, 5.74) is 0.661. The van der Waals surface area contributed by atoms with Crippen molar-refractivity contribution in [2.45, 2.75) is 6.92 Å². The molecule has 0 atom stereocenters. The third-order valence-corrected chi connectivity index (χ3v) is 2.27.